The van der Waals surface area contributed by atoms with Gasteiger partial charge in [0.15, 0.2) is 0 Å². The van der Waals surface area contributed by atoms with Crippen molar-refractivity contribution < 1.29 is 13.9 Å². The second kappa shape index (κ2) is 5.56. The van der Waals surface area contributed by atoms with Crippen LogP contribution >= 0.6 is 11.3 Å². The molecule has 0 fully saturated rings. The summed E-state index contributed by atoms with van der Waals surface area (Å²) in [6, 6.07) is 6.73. The Balaban J connectivity index is 2.31. The summed E-state index contributed by atoms with van der Waals surface area (Å²) in [4.78, 5) is 0.898. The molecule has 0 saturated heterocycles. The van der Waals surface area contributed by atoms with E-state index in [0.717, 1.165) is 23.1 Å². The van der Waals surface area contributed by atoms with Crippen LogP contribution in [0, 0.1) is 11.6 Å². The third-order valence-electron chi connectivity index (χ3n) is 2.77. The Labute approximate surface area is 108 Å². The summed E-state index contributed by atoms with van der Waals surface area (Å²) in [5.41, 5.74) is 5.84. The predicted octanol–water partition coefficient (Wildman–Crippen LogP) is 2.80. The maximum atomic E-state index is 13.1. The Hall–Kier alpha value is -1.30. The molecule has 0 aliphatic rings. The van der Waals surface area contributed by atoms with Crippen molar-refractivity contribution in [3.63, 3.8) is 0 Å². The van der Waals surface area contributed by atoms with Crippen LogP contribution in [0.4, 0.5) is 8.78 Å². The molecule has 3 N–H and O–H groups in total. The van der Waals surface area contributed by atoms with Crippen molar-refractivity contribution in [3.8, 4) is 0 Å². The van der Waals surface area contributed by atoms with E-state index in [9.17, 15) is 13.9 Å². The highest BCUT2D eigenvalue weighted by molar-refractivity contribution is 7.10. The lowest BCUT2D eigenvalue weighted by molar-refractivity contribution is 0.148. The van der Waals surface area contributed by atoms with Crippen molar-refractivity contribution >= 4 is 11.3 Å². The number of thiophene rings is 1. The van der Waals surface area contributed by atoms with Crippen LogP contribution in [0.5, 0.6) is 0 Å². The van der Waals surface area contributed by atoms with Gasteiger partial charge in [-0.2, -0.15) is 0 Å². The minimum Gasteiger partial charge on any atom is -0.388 e. The summed E-state index contributed by atoms with van der Waals surface area (Å²) in [6.45, 7) is 0.208. The molecule has 96 valence electrons. The van der Waals surface area contributed by atoms with Gasteiger partial charge < -0.3 is 10.8 Å². The van der Waals surface area contributed by atoms with Gasteiger partial charge in [0.25, 0.3) is 0 Å². The first-order chi connectivity index (χ1) is 8.61. The van der Waals surface area contributed by atoms with Gasteiger partial charge in [-0.15, -0.1) is 11.3 Å². The average Bonchev–Trinajstić information content (AvgIpc) is 2.82. The molecule has 0 radical (unpaired) electrons. The molecule has 2 rings (SSSR count). The number of halogens is 2. The summed E-state index contributed by atoms with van der Waals surface area (Å²) in [5, 5.41) is 12.1. The molecule has 1 aromatic carbocycles. The number of rotatable bonds is 4. The highest BCUT2D eigenvalue weighted by Crippen LogP contribution is 2.33. The van der Waals surface area contributed by atoms with E-state index in [1.165, 1.54) is 11.3 Å². The SMILES string of the molecule is NCC(c1cccs1)C(O)c1cc(F)cc(F)c1. The molecule has 2 aromatic rings. The van der Waals surface area contributed by atoms with E-state index in [4.69, 9.17) is 5.73 Å². The van der Waals surface area contributed by atoms with E-state index < -0.39 is 17.7 Å². The Morgan fingerprint density at radius 1 is 1.22 bits per heavy atom. The van der Waals surface area contributed by atoms with Crippen molar-refractivity contribution in [3.05, 3.63) is 57.8 Å². The minimum atomic E-state index is -1.01. The van der Waals surface area contributed by atoms with Gasteiger partial charge in [-0.25, -0.2) is 8.78 Å². The molecule has 1 heterocycles. The number of hydrogen-bond donors (Lipinski definition) is 2. The summed E-state index contributed by atoms with van der Waals surface area (Å²) in [6.07, 6.45) is -1.01. The lowest BCUT2D eigenvalue weighted by Gasteiger charge is -2.20. The molecule has 2 nitrogen and oxygen atoms in total. The normalized spacial score (nSPS) is 14.4. The average molecular weight is 269 g/mol. The Morgan fingerprint density at radius 3 is 2.39 bits per heavy atom. The fourth-order valence-corrected chi connectivity index (χ4v) is 2.75. The lowest BCUT2D eigenvalue weighted by Crippen LogP contribution is -2.19. The van der Waals surface area contributed by atoms with Gasteiger partial charge >= 0.3 is 0 Å². The fraction of sp³-hybridized carbons (Fsp3) is 0.231. The number of aliphatic hydroxyl groups is 1. The Morgan fingerprint density at radius 2 is 1.89 bits per heavy atom. The Kier molecular flexibility index (Phi) is 4.06. The van der Waals surface area contributed by atoms with Crippen molar-refractivity contribution in [2.45, 2.75) is 12.0 Å². The van der Waals surface area contributed by atoms with E-state index >= 15 is 0 Å². The van der Waals surface area contributed by atoms with Gasteiger partial charge in [-0.1, -0.05) is 6.07 Å². The van der Waals surface area contributed by atoms with Crippen LogP contribution in [0.15, 0.2) is 35.7 Å². The third kappa shape index (κ3) is 2.75. The maximum absolute atomic E-state index is 13.1. The zero-order chi connectivity index (χ0) is 13.1. The molecule has 0 saturated carbocycles. The number of aliphatic hydroxyl groups excluding tert-OH is 1. The van der Waals surface area contributed by atoms with Crippen molar-refractivity contribution in [2.75, 3.05) is 6.54 Å². The van der Waals surface area contributed by atoms with E-state index in [0.29, 0.717) is 0 Å². The van der Waals surface area contributed by atoms with Gasteiger partial charge in [0.2, 0.25) is 0 Å². The van der Waals surface area contributed by atoms with Gasteiger partial charge in [0, 0.05) is 23.4 Å². The van der Waals surface area contributed by atoms with Crippen LogP contribution in [-0.4, -0.2) is 11.7 Å². The molecule has 2 unspecified atom stereocenters. The molecule has 5 heteroatoms. The molecule has 18 heavy (non-hydrogen) atoms. The highest BCUT2D eigenvalue weighted by atomic mass is 32.1. The zero-order valence-corrected chi connectivity index (χ0v) is 10.3. The fourth-order valence-electron chi connectivity index (χ4n) is 1.88. The zero-order valence-electron chi connectivity index (χ0n) is 9.51. The summed E-state index contributed by atoms with van der Waals surface area (Å²) in [5.74, 6) is -1.76. The van der Waals surface area contributed by atoms with Crippen molar-refractivity contribution in [2.24, 2.45) is 5.73 Å². The van der Waals surface area contributed by atoms with E-state index in [2.05, 4.69) is 0 Å². The number of nitrogens with two attached hydrogens (primary N) is 1. The second-order valence-electron chi connectivity index (χ2n) is 4.01. The van der Waals surface area contributed by atoms with Crippen LogP contribution < -0.4 is 5.73 Å². The van der Waals surface area contributed by atoms with Crippen LogP contribution in [0.25, 0.3) is 0 Å². The van der Waals surface area contributed by atoms with Gasteiger partial charge in [0.1, 0.15) is 11.6 Å². The summed E-state index contributed by atoms with van der Waals surface area (Å²) < 4.78 is 26.2. The molecule has 0 aliphatic carbocycles. The molecule has 0 spiro atoms. The van der Waals surface area contributed by atoms with Crippen LogP contribution in [0.1, 0.15) is 22.5 Å². The summed E-state index contributed by atoms with van der Waals surface area (Å²) in [7, 11) is 0. The predicted molar refractivity (Wildman–Crippen MR) is 67.4 cm³/mol. The van der Waals surface area contributed by atoms with Crippen LogP contribution in [-0.2, 0) is 0 Å². The first-order valence-electron chi connectivity index (χ1n) is 5.49. The minimum absolute atomic E-state index is 0.205. The second-order valence-corrected chi connectivity index (χ2v) is 4.98. The third-order valence-corrected chi connectivity index (χ3v) is 3.77. The largest absolute Gasteiger partial charge is 0.388 e. The monoisotopic (exact) mass is 269 g/mol. The molecule has 0 amide bonds. The quantitative estimate of drug-likeness (QED) is 0.896. The summed E-state index contributed by atoms with van der Waals surface area (Å²) >= 11 is 1.46. The standard InChI is InChI=1S/C13H13F2NOS/c14-9-4-8(5-10(15)6-9)13(17)11(7-16)12-2-1-3-18-12/h1-6,11,13,17H,7,16H2. The highest BCUT2D eigenvalue weighted by Gasteiger charge is 2.23. The number of hydrogen-bond acceptors (Lipinski definition) is 3. The molecule has 0 bridgehead atoms. The van der Waals surface area contributed by atoms with Gasteiger partial charge in [0.05, 0.1) is 6.10 Å². The molecule has 1 aromatic heterocycles. The number of benzene rings is 1. The van der Waals surface area contributed by atoms with Gasteiger partial charge in [-0.3, -0.25) is 0 Å². The van der Waals surface area contributed by atoms with E-state index in [1.54, 1.807) is 0 Å². The smallest absolute Gasteiger partial charge is 0.126 e. The van der Waals surface area contributed by atoms with Crippen molar-refractivity contribution in [1.82, 2.24) is 0 Å². The first kappa shape index (κ1) is 13.1. The lowest BCUT2D eigenvalue weighted by atomic mass is 9.94. The topological polar surface area (TPSA) is 46.2 Å². The maximum Gasteiger partial charge on any atom is 0.126 e. The van der Waals surface area contributed by atoms with Crippen LogP contribution in [0.2, 0.25) is 0 Å². The molecule has 0 aliphatic heterocycles. The van der Waals surface area contributed by atoms with Gasteiger partial charge in [-0.05, 0) is 29.1 Å². The van der Waals surface area contributed by atoms with Crippen LogP contribution in [0.3, 0.4) is 0 Å². The molecular weight excluding hydrogens is 256 g/mol. The van der Waals surface area contributed by atoms with E-state index in [1.807, 2.05) is 17.5 Å². The Bertz CT molecular complexity index is 495. The van der Waals surface area contributed by atoms with Crippen molar-refractivity contribution in [1.29, 1.82) is 0 Å². The van der Waals surface area contributed by atoms with E-state index in [-0.39, 0.29) is 18.0 Å². The first-order valence-corrected chi connectivity index (χ1v) is 6.37. The molecule has 2 atom stereocenters. The molecular formula is C13H13F2NOS.